The van der Waals surface area contributed by atoms with Crippen molar-refractivity contribution in [1.82, 2.24) is 0 Å². The van der Waals surface area contributed by atoms with Crippen LogP contribution in [-0.4, -0.2) is 49.0 Å². The Morgan fingerprint density at radius 2 is 0.706 bits per heavy atom. The normalized spacial score (nSPS) is 14.9. The fraction of sp³-hybridized carbons (Fsp3) is 0.106. The molecule has 22 heteroatoms. The number of carbonyl (C=O) groups excluding carboxylic acids is 3. The fourth-order valence-electron chi connectivity index (χ4n) is 17.3. The van der Waals surface area contributed by atoms with Crippen LogP contribution in [0.5, 0.6) is 11.5 Å². The summed E-state index contributed by atoms with van der Waals surface area (Å²) < 4.78 is 11.3. The molecule has 0 bridgehead atoms. The Hall–Kier alpha value is -13.6. The van der Waals surface area contributed by atoms with E-state index in [2.05, 4.69) is 102 Å². The van der Waals surface area contributed by atoms with Crippen molar-refractivity contribution in [3.63, 3.8) is 0 Å². The number of hydrogen-bond acceptors (Lipinski definition) is 10. The number of rotatable bonds is 11. The van der Waals surface area contributed by atoms with Crippen LogP contribution in [0.15, 0.2) is 346 Å². The summed E-state index contributed by atoms with van der Waals surface area (Å²) in [6, 6.07) is 108. The number of benzene rings is 15. The van der Waals surface area contributed by atoms with E-state index in [1.54, 1.807) is 36.2 Å². The maximum atomic E-state index is 13.8. The SMILES string of the molecule is CN1Cc2ccccc2C(c2ccccc2Cl)c2ccccc21.COc1ccc2c(c1)CN(C(=O)c1ccc([N+](=O)[O-])cc1)c1ccc(Cl)cc1C2c1ccccc1Cl.COc1cccc2c1C(c1ccccc1Cl)c1cc(Cl)ccc1N(C(=O)c1ccc([N+](=O)[O-])cc1)C2.O=C(Nc1ccccc1)N1Cc2ccccc2C(c2ccccc2Cl)c2ccccc21. The van der Waals surface area contributed by atoms with E-state index in [1.165, 1.54) is 76.5 Å². The molecule has 0 fully saturated rings. The highest BCUT2D eigenvalue weighted by atomic mass is 35.5. The number of nitro benzene ring substituents is 2. The highest BCUT2D eigenvalue weighted by Gasteiger charge is 2.39. The van der Waals surface area contributed by atoms with Gasteiger partial charge in [0.2, 0.25) is 0 Å². The zero-order valence-electron chi connectivity index (χ0n) is 68.2. The molecule has 15 aromatic rings. The average Bonchev–Trinajstić information content (AvgIpc) is 1.48. The lowest BCUT2D eigenvalue weighted by atomic mass is 9.82. The second kappa shape index (κ2) is 38.3. The summed E-state index contributed by atoms with van der Waals surface area (Å²) in [5.41, 5.74) is 21.4. The number of nitrogens with zero attached hydrogens (tertiary/aromatic N) is 6. The predicted molar refractivity (Wildman–Crippen MR) is 505 cm³/mol. The van der Waals surface area contributed by atoms with Gasteiger partial charge in [0.05, 0.1) is 43.7 Å². The van der Waals surface area contributed by atoms with Gasteiger partial charge in [0.15, 0.2) is 0 Å². The van der Waals surface area contributed by atoms with E-state index in [1.807, 2.05) is 205 Å². The van der Waals surface area contributed by atoms with Gasteiger partial charge in [-0.3, -0.25) is 34.7 Å². The van der Waals surface area contributed by atoms with Crippen molar-refractivity contribution in [3.8, 4) is 11.5 Å². The number of nitro groups is 2. The van der Waals surface area contributed by atoms with Crippen molar-refractivity contribution in [3.05, 3.63) is 496 Å². The number of halogens is 6. The number of urea groups is 1. The molecule has 126 heavy (non-hydrogen) atoms. The summed E-state index contributed by atoms with van der Waals surface area (Å²) in [5, 5.41) is 29.0. The fourth-order valence-corrected chi connectivity index (χ4v) is 18.6. The highest BCUT2D eigenvalue weighted by molar-refractivity contribution is 6.33. The van der Waals surface area contributed by atoms with Crippen LogP contribution in [0.4, 0.5) is 44.6 Å². The van der Waals surface area contributed by atoms with Crippen molar-refractivity contribution < 1.29 is 33.7 Å². The Balaban J connectivity index is 0.000000125. The van der Waals surface area contributed by atoms with Crippen LogP contribution < -0.4 is 34.4 Å². The number of hydrogen-bond donors (Lipinski definition) is 1. The summed E-state index contributed by atoms with van der Waals surface area (Å²) in [4.78, 5) is 69.7. The molecule has 0 radical (unpaired) electrons. The van der Waals surface area contributed by atoms with E-state index in [0.717, 1.165) is 94.7 Å². The van der Waals surface area contributed by atoms with Crippen LogP contribution in [0, 0.1) is 20.2 Å². The molecule has 4 atom stereocenters. The van der Waals surface area contributed by atoms with Gasteiger partial charge in [-0.2, -0.15) is 0 Å². The monoisotopic (exact) mass is 1780 g/mol. The quantitative estimate of drug-likeness (QED) is 0.0967. The van der Waals surface area contributed by atoms with Gasteiger partial charge < -0.3 is 29.5 Å². The van der Waals surface area contributed by atoms with E-state index in [4.69, 9.17) is 79.1 Å². The number of non-ortho nitro benzene ring substituents is 2. The number of anilines is 5. The van der Waals surface area contributed by atoms with Crippen molar-refractivity contribution in [2.75, 3.05) is 46.2 Å². The van der Waals surface area contributed by atoms with Gasteiger partial charge in [0.25, 0.3) is 23.2 Å². The van der Waals surface area contributed by atoms with Gasteiger partial charge in [0, 0.05) is 137 Å². The molecular weight excluding hydrogens is 1700 g/mol. The lowest BCUT2D eigenvalue weighted by molar-refractivity contribution is -0.385. The summed E-state index contributed by atoms with van der Waals surface area (Å²) in [7, 11) is 5.37. The number of fused-ring (bicyclic) bond motifs is 8. The minimum Gasteiger partial charge on any atom is -0.497 e. The topological polar surface area (TPSA) is 181 Å². The van der Waals surface area contributed by atoms with Crippen LogP contribution in [0.1, 0.15) is 133 Å². The van der Waals surface area contributed by atoms with E-state index < -0.39 is 9.85 Å². The van der Waals surface area contributed by atoms with Gasteiger partial charge in [-0.1, -0.05) is 264 Å². The first-order chi connectivity index (χ1) is 61.2. The Bertz CT molecular complexity index is 6570. The van der Waals surface area contributed by atoms with Crippen molar-refractivity contribution in [2.45, 2.75) is 49.9 Å². The van der Waals surface area contributed by atoms with E-state index in [0.29, 0.717) is 60.6 Å². The molecule has 4 heterocycles. The number of para-hydroxylation sites is 3. The molecule has 0 saturated carbocycles. The van der Waals surface area contributed by atoms with Crippen molar-refractivity contribution in [2.24, 2.45) is 0 Å². The van der Waals surface area contributed by atoms with E-state index in [9.17, 15) is 34.6 Å². The standard InChI is InChI=1S/2C28H20Cl2N2O4.C27H21ClN2O.C21H18ClN/c1-36-25-8-4-5-18-16-31(28(33)17-9-12-20(13-10-17)32(34)35)24-14-11-19(29)15-22(24)27(26(18)25)21-6-2-3-7-23(21)30;1-36-21-11-12-22-18(14-21)16-31(28(33)17-6-9-20(10-7-17)32(34)35)26-13-8-19(29)15-24(26)27(22)23-4-2-3-5-25(23)30;28-24-16-8-6-14-22(24)26-21-13-5-4-10-19(21)18-30(25-17-9-7-15-23(25)26)27(31)29-20-11-2-1-3-12-20;1-23-14-15-8-2-3-9-16(15)21(17-10-4-6-12-19(17)22)18-11-5-7-13-20(18)23/h2*2-15,27H,16H2,1H3;1-17,26H,18H2,(H,29,31);2-13,21H,14H2,1H3. The Labute approximate surface area is 759 Å². The Morgan fingerprint density at radius 3 is 1.18 bits per heavy atom. The number of nitrogens with one attached hydrogen (secondary N) is 1. The lowest BCUT2D eigenvalue weighted by Crippen LogP contribution is -2.34. The van der Waals surface area contributed by atoms with E-state index >= 15 is 0 Å². The lowest BCUT2D eigenvalue weighted by Gasteiger charge is -2.25. The summed E-state index contributed by atoms with van der Waals surface area (Å²) in [6.07, 6.45) is 0. The molecule has 4 aliphatic rings. The van der Waals surface area contributed by atoms with Gasteiger partial charge in [-0.05, 0) is 211 Å². The van der Waals surface area contributed by atoms with Crippen molar-refractivity contribution >= 4 is 127 Å². The molecule has 0 spiro atoms. The maximum absolute atomic E-state index is 13.8. The molecular formula is C104H79Cl6N7O9. The third kappa shape index (κ3) is 18.0. The predicted octanol–water partition coefficient (Wildman–Crippen LogP) is 27.0. The van der Waals surface area contributed by atoms with Gasteiger partial charge >= 0.3 is 6.03 Å². The van der Waals surface area contributed by atoms with Gasteiger partial charge in [0.1, 0.15) is 11.5 Å². The van der Waals surface area contributed by atoms with Crippen molar-refractivity contribution in [1.29, 1.82) is 0 Å². The second-order valence-corrected chi connectivity index (χ2v) is 33.0. The molecule has 19 rings (SSSR count). The molecule has 0 aromatic heterocycles. The molecule has 15 aromatic carbocycles. The second-order valence-electron chi connectivity index (χ2n) is 30.5. The third-order valence-electron chi connectivity index (χ3n) is 23.1. The van der Waals surface area contributed by atoms with Crippen LogP contribution in [0.2, 0.25) is 30.1 Å². The molecule has 4 amide bonds. The summed E-state index contributed by atoms with van der Waals surface area (Å²) in [6.45, 7) is 1.91. The maximum Gasteiger partial charge on any atom is 0.326 e. The molecule has 0 aliphatic carbocycles. The van der Waals surface area contributed by atoms with Crippen LogP contribution in [0.3, 0.4) is 0 Å². The largest absolute Gasteiger partial charge is 0.497 e. The Kier molecular flexibility index (Phi) is 26.1. The van der Waals surface area contributed by atoms with Gasteiger partial charge in [-0.25, -0.2) is 4.79 Å². The summed E-state index contributed by atoms with van der Waals surface area (Å²) in [5.74, 6) is 0.225. The first-order valence-corrected chi connectivity index (χ1v) is 42.7. The first-order valence-electron chi connectivity index (χ1n) is 40.4. The number of methoxy groups -OCH3 is 2. The van der Waals surface area contributed by atoms with Crippen LogP contribution in [-0.2, 0) is 26.2 Å². The number of ether oxygens (including phenoxy) is 2. The Morgan fingerprint density at radius 1 is 0.333 bits per heavy atom. The zero-order chi connectivity index (χ0) is 87.8. The van der Waals surface area contributed by atoms with E-state index in [-0.39, 0.29) is 66.0 Å². The average molecular weight is 1780 g/mol. The minimum atomic E-state index is -0.492. The molecule has 1 N–H and O–H groups in total. The number of carbonyl (C=O) groups is 3. The molecule has 0 saturated heterocycles. The van der Waals surface area contributed by atoms with Crippen LogP contribution >= 0.6 is 69.6 Å². The first kappa shape index (κ1) is 86.0. The molecule has 16 nitrogen and oxygen atoms in total. The summed E-state index contributed by atoms with van der Waals surface area (Å²) >= 11 is 39.6. The van der Waals surface area contributed by atoms with Crippen LogP contribution in [0.25, 0.3) is 0 Å². The smallest absolute Gasteiger partial charge is 0.326 e. The third-order valence-corrected chi connectivity index (χ3v) is 25.0. The molecule has 4 unspecified atom stereocenters. The highest BCUT2D eigenvalue weighted by Crippen LogP contribution is 2.52. The van der Waals surface area contributed by atoms with Gasteiger partial charge in [-0.15, -0.1) is 0 Å². The zero-order valence-corrected chi connectivity index (χ0v) is 72.7. The molecule has 4 aliphatic heterocycles. The minimum absolute atomic E-state index is 0.0596. The number of amides is 4. The molecule has 626 valence electrons.